The number of aryl methyl sites for hydroxylation is 1. The molecule has 4 N–H and O–H groups in total. The SMILES string of the molecule is Cc1ccc(-c2cc3c(NC4C5CC6CC4CC(O)(C6)C5)c(C(N)=O)cnn3c2)cc1.O=C=O. The van der Waals surface area contributed by atoms with Crippen LogP contribution in [-0.2, 0) is 9.59 Å². The van der Waals surface area contributed by atoms with Crippen molar-refractivity contribution in [2.45, 2.75) is 50.7 Å². The van der Waals surface area contributed by atoms with Gasteiger partial charge in [-0.15, -0.1) is 0 Å². The second-order valence-electron chi connectivity index (χ2n) is 10.2. The van der Waals surface area contributed by atoms with Crippen molar-refractivity contribution in [1.82, 2.24) is 9.61 Å². The zero-order valence-electron chi connectivity index (χ0n) is 19.0. The summed E-state index contributed by atoms with van der Waals surface area (Å²) in [6, 6.07) is 10.7. The Morgan fingerprint density at radius 3 is 2.38 bits per heavy atom. The van der Waals surface area contributed by atoms with E-state index in [9.17, 15) is 9.90 Å². The summed E-state index contributed by atoms with van der Waals surface area (Å²) in [5.74, 6) is 1.02. The smallest absolute Gasteiger partial charge is 0.373 e. The van der Waals surface area contributed by atoms with Gasteiger partial charge in [-0.2, -0.15) is 14.7 Å². The van der Waals surface area contributed by atoms with Gasteiger partial charge in [0.2, 0.25) is 0 Å². The fourth-order valence-corrected chi connectivity index (χ4v) is 6.68. The van der Waals surface area contributed by atoms with E-state index >= 15 is 0 Å². The number of carbonyl (C=O) groups is 1. The first-order chi connectivity index (χ1) is 16.3. The molecule has 4 fully saturated rings. The van der Waals surface area contributed by atoms with E-state index in [0.29, 0.717) is 23.3 Å². The third-order valence-corrected chi connectivity index (χ3v) is 7.84. The van der Waals surface area contributed by atoms with Crippen LogP contribution < -0.4 is 11.1 Å². The molecule has 4 saturated carbocycles. The number of nitrogens with one attached hydrogen (secondary N) is 1. The van der Waals surface area contributed by atoms with Gasteiger partial charge in [0.15, 0.2) is 0 Å². The summed E-state index contributed by atoms with van der Waals surface area (Å²) in [4.78, 5) is 28.5. The Kier molecular flexibility index (Phi) is 5.50. The van der Waals surface area contributed by atoms with Crippen LogP contribution >= 0.6 is 0 Å². The van der Waals surface area contributed by atoms with Crippen LogP contribution in [-0.4, -0.2) is 38.4 Å². The Balaban J connectivity index is 0.000000764. The van der Waals surface area contributed by atoms with Crippen LogP contribution in [0.1, 0.15) is 48.0 Å². The summed E-state index contributed by atoms with van der Waals surface area (Å²) in [6.07, 6.45) is 8.77. The number of carbonyl (C=O) groups excluding carboxylic acids is 3. The quantitative estimate of drug-likeness (QED) is 0.549. The zero-order chi connectivity index (χ0) is 24.0. The average molecular weight is 461 g/mol. The van der Waals surface area contributed by atoms with Gasteiger partial charge in [0, 0.05) is 17.8 Å². The molecule has 2 unspecified atom stereocenters. The maximum Gasteiger partial charge on any atom is 0.373 e. The number of nitrogens with zero attached hydrogens (tertiary/aromatic N) is 2. The van der Waals surface area contributed by atoms with Gasteiger partial charge in [-0.05, 0) is 68.4 Å². The largest absolute Gasteiger partial charge is 0.390 e. The standard InChI is InChI=1S/C25H28N4O2.CO2/c1-14-2-4-16(5-3-14)19-8-21-23(20(24(26)30)12-27-29(21)13-19)28-22-17-6-15-7-18(22)11-25(31,9-15)10-17;2-1-3/h2-5,8,12-13,15,17-18,22,28,31H,6-7,9-11H2,1H3,(H2,26,30);. The molecule has 0 spiro atoms. The predicted molar refractivity (Wildman–Crippen MR) is 125 cm³/mol. The Morgan fingerprint density at radius 1 is 1.15 bits per heavy atom. The maximum atomic E-state index is 12.3. The highest BCUT2D eigenvalue weighted by Gasteiger charge is 2.54. The highest BCUT2D eigenvalue weighted by molar-refractivity contribution is 6.02. The highest BCUT2D eigenvalue weighted by atomic mass is 16.3. The van der Waals surface area contributed by atoms with Gasteiger partial charge in [-0.25, -0.2) is 4.52 Å². The number of hydrogen-bond acceptors (Lipinski definition) is 6. The highest BCUT2D eigenvalue weighted by Crippen LogP contribution is 2.56. The third kappa shape index (κ3) is 3.89. The van der Waals surface area contributed by atoms with Crippen molar-refractivity contribution in [3.63, 3.8) is 0 Å². The minimum absolute atomic E-state index is 0.249. The van der Waals surface area contributed by atoms with Crippen LogP contribution in [0.4, 0.5) is 5.69 Å². The average Bonchev–Trinajstić information content (AvgIpc) is 3.20. The van der Waals surface area contributed by atoms with Crippen LogP contribution in [0.25, 0.3) is 16.6 Å². The van der Waals surface area contributed by atoms with Gasteiger partial charge in [-0.1, -0.05) is 29.8 Å². The first-order valence-corrected chi connectivity index (χ1v) is 11.7. The summed E-state index contributed by atoms with van der Waals surface area (Å²) < 4.78 is 1.83. The molecule has 4 aliphatic rings. The van der Waals surface area contributed by atoms with E-state index < -0.39 is 11.5 Å². The van der Waals surface area contributed by atoms with E-state index in [4.69, 9.17) is 15.3 Å². The Labute approximate surface area is 197 Å². The van der Waals surface area contributed by atoms with E-state index in [0.717, 1.165) is 54.4 Å². The summed E-state index contributed by atoms with van der Waals surface area (Å²) in [7, 11) is 0. The van der Waals surface area contributed by atoms with Gasteiger partial charge in [-0.3, -0.25) is 4.79 Å². The predicted octanol–water partition coefficient (Wildman–Crippen LogP) is 3.18. The van der Waals surface area contributed by atoms with Gasteiger partial charge in [0.25, 0.3) is 5.91 Å². The number of aromatic nitrogens is 2. The number of anilines is 1. The number of fused-ring (bicyclic) bond motifs is 1. The lowest BCUT2D eigenvalue weighted by Crippen LogP contribution is -2.59. The molecule has 3 aromatic rings. The Hall–Kier alpha value is -3.48. The van der Waals surface area contributed by atoms with E-state index in [1.54, 1.807) is 6.20 Å². The molecule has 4 aliphatic carbocycles. The number of primary amides is 1. The summed E-state index contributed by atoms with van der Waals surface area (Å²) in [5, 5.41) is 19.1. The zero-order valence-corrected chi connectivity index (χ0v) is 19.0. The molecule has 8 heteroatoms. The monoisotopic (exact) mass is 460 g/mol. The second kappa shape index (κ2) is 8.38. The fraction of sp³-hybridized carbons (Fsp3) is 0.423. The molecule has 2 aromatic heterocycles. The van der Waals surface area contributed by atoms with Crippen LogP contribution in [0.15, 0.2) is 42.7 Å². The molecule has 4 bridgehead atoms. The molecule has 7 rings (SSSR count). The van der Waals surface area contributed by atoms with Crippen molar-refractivity contribution < 1.29 is 19.5 Å². The number of amides is 1. The van der Waals surface area contributed by atoms with Crippen molar-refractivity contribution in [3.8, 4) is 11.1 Å². The first-order valence-electron chi connectivity index (χ1n) is 11.7. The molecule has 176 valence electrons. The molecule has 2 heterocycles. The van der Waals surface area contributed by atoms with Crippen LogP contribution in [0.3, 0.4) is 0 Å². The van der Waals surface area contributed by atoms with Crippen molar-refractivity contribution in [2.75, 3.05) is 5.32 Å². The van der Waals surface area contributed by atoms with E-state index in [1.807, 2.05) is 10.7 Å². The van der Waals surface area contributed by atoms with Crippen molar-refractivity contribution in [1.29, 1.82) is 0 Å². The van der Waals surface area contributed by atoms with Crippen LogP contribution in [0.2, 0.25) is 0 Å². The number of hydrogen-bond donors (Lipinski definition) is 3. The normalized spacial score (nSPS) is 28.8. The second-order valence-corrected chi connectivity index (χ2v) is 10.2. The number of benzene rings is 1. The molecule has 8 nitrogen and oxygen atoms in total. The van der Waals surface area contributed by atoms with E-state index in [-0.39, 0.29) is 12.2 Å². The number of nitrogens with two attached hydrogens (primary N) is 1. The first kappa shape index (κ1) is 22.3. The molecular weight excluding hydrogens is 432 g/mol. The molecule has 1 aromatic carbocycles. The summed E-state index contributed by atoms with van der Waals surface area (Å²) in [6.45, 7) is 2.07. The molecular formula is C26H28N4O4. The van der Waals surface area contributed by atoms with Crippen molar-refractivity contribution >= 4 is 23.3 Å². The molecule has 34 heavy (non-hydrogen) atoms. The molecule has 0 saturated heterocycles. The summed E-state index contributed by atoms with van der Waals surface area (Å²) in [5.41, 5.74) is 10.7. The van der Waals surface area contributed by atoms with Gasteiger partial charge >= 0.3 is 6.15 Å². The number of aliphatic hydroxyl groups is 1. The summed E-state index contributed by atoms with van der Waals surface area (Å²) >= 11 is 0. The van der Waals surface area contributed by atoms with Crippen LogP contribution in [0.5, 0.6) is 0 Å². The fourth-order valence-electron chi connectivity index (χ4n) is 6.68. The van der Waals surface area contributed by atoms with Gasteiger partial charge < -0.3 is 16.2 Å². The lowest BCUT2D eigenvalue weighted by atomic mass is 9.52. The number of rotatable bonds is 4. The Bertz CT molecular complexity index is 1260. The van der Waals surface area contributed by atoms with Gasteiger partial charge in [0.05, 0.1) is 28.6 Å². The van der Waals surface area contributed by atoms with Crippen LogP contribution in [0, 0.1) is 24.7 Å². The lowest BCUT2D eigenvalue weighted by molar-refractivity contribution is -0.191. The topological polar surface area (TPSA) is 127 Å². The maximum absolute atomic E-state index is 12.3. The Morgan fingerprint density at radius 2 is 1.79 bits per heavy atom. The molecule has 0 aliphatic heterocycles. The lowest BCUT2D eigenvalue weighted by Gasteiger charge is -2.58. The van der Waals surface area contributed by atoms with E-state index in [1.165, 1.54) is 5.56 Å². The van der Waals surface area contributed by atoms with Crippen molar-refractivity contribution in [2.24, 2.45) is 23.5 Å². The molecule has 0 radical (unpaired) electrons. The molecule has 1 amide bonds. The van der Waals surface area contributed by atoms with Crippen molar-refractivity contribution in [3.05, 3.63) is 53.9 Å². The van der Waals surface area contributed by atoms with E-state index in [2.05, 4.69) is 47.7 Å². The molecule has 2 atom stereocenters. The third-order valence-electron chi connectivity index (χ3n) is 7.84. The van der Waals surface area contributed by atoms with Gasteiger partial charge in [0.1, 0.15) is 0 Å². The minimum atomic E-state index is -0.484. The minimum Gasteiger partial charge on any atom is -0.390 e.